The van der Waals surface area contributed by atoms with Crippen LogP contribution in [-0.4, -0.2) is 52.4 Å². The van der Waals surface area contributed by atoms with Crippen LogP contribution in [0.5, 0.6) is 0 Å². The number of carboxylic acids is 1. The summed E-state index contributed by atoms with van der Waals surface area (Å²) < 4.78 is 12.2. The number of hydrogen-bond donors (Lipinski definition) is 1. The van der Waals surface area contributed by atoms with Gasteiger partial charge in [0, 0.05) is 23.8 Å². The molecular formula is C20H27BrN2O5. The molecule has 0 aromatic carbocycles. The molecule has 7 nitrogen and oxygen atoms in total. The van der Waals surface area contributed by atoms with Crippen LogP contribution >= 0.6 is 15.9 Å². The van der Waals surface area contributed by atoms with Gasteiger partial charge in [-0.1, -0.05) is 0 Å². The number of aromatic nitrogens is 1. The van der Waals surface area contributed by atoms with E-state index in [-0.39, 0.29) is 18.1 Å². The van der Waals surface area contributed by atoms with E-state index < -0.39 is 17.2 Å². The van der Waals surface area contributed by atoms with E-state index in [1.54, 1.807) is 11.1 Å². The summed E-state index contributed by atoms with van der Waals surface area (Å²) in [4.78, 5) is 29.6. The molecule has 1 amide bonds. The molecule has 0 bridgehead atoms. The van der Waals surface area contributed by atoms with Crippen molar-refractivity contribution in [2.24, 2.45) is 5.41 Å². The van der Waals surface area contributed by atoms with Crippen LogP contribution in [-0.2, 0) is 19.9 Å². The number of rotatable bonds is 4. The van der Waals surface area contributed by atoms with Gasteiger partial charge in [0.05, 0.1) is 5.69 Å². The van der Waals surface area contributed by atoms with Crippen molar-refractivity contribution in [3.63, 3.8) is 0 Å². The van der Waals surface area contributed by atoms with Crippen LogP contribution in [0.1, 0.15) is 52.1 Å². The summed E-state index contributed by atoms with van der Waals surface area (Å²) in [6.07, 6.45) is 4.55. The van der Waals surface area contributed by atoms with Gasteiger partial charge in [-0.25, -0.2) is 9.59 Å². The Labute approximate surface area is 173 Å². The maximum atomic E-state index is 12.3. The summed E-state index contributed by atoms with van der Waals surface area (Å²) in [5, 5.41) is 9.07. The Kier molecular flexibility index (Phi) is 5.74. The third-order valence-electron chi connectivity index (χ3n) is 5.46. The first-order valence-electron chi connectivity index (χ1n) is 9.48. The van der Waals surface area contributed by atoms with Gasteiger partial charge in [0.1, 0.15) is 17.8 Å². The van der Waals surface area contributed by atoms with Crippen LogP contribution in [0.3, 0.4) is 0 Å². The molecule has 1 aliphatic heterocycles. The summed E-state index contributed by atoms with van der Waals surface area (Å²) in [6, 6.07) is 3.78. The highest BCUT2D eigenvalue weighted by Gasteiger charge is 2.58. The summed E-state index contributed by atoms with van der Waals surface area (Å²) in [7, 11) is 0. The number of carbonyl (C=O) groups is 2. The number of ether oxygens (including phenoxy) is 2. The predicted molar refractivity (Wildman–Crippen MR) is 106 cm³/mol. The number of hydrogen-bond acceptors (Lipinski definition) is 5. The minimum absolute atomic E-state index is 0.0474. The smallest absolute Gasteiger partial charge is 0.410 e. The second-order valence-electron chi connectivity index (χ2n) is 8.86. The molecule has 2 aliphatic rings. The quantitative estimate of drug-likeness (QED) is 0.740. The van der Waals surface area contributed by atoms with Crippen molar-refractivity contribution in [3.8, 4) is 0 Å². The minimum atomic E-state index is -0.989. The first-order valence-corrected chi connectivity index (χ1v) is 10.3. The largest absolute Gasteiger partial charge is 0.480 e. The predicted octanol–water partition coefficient (Wildman–Crippen LogP) is 3.95. The van der Waals surface area contributed by atoms with E-state index in [9.17, 15) is 9.59 Å². The van der Waals surface area contributed by atoms with Crippen molar-refractivity contribution >= 4 is 28.0 Å². The average molecular weight is 455 g/mol. The molecule has 1 aromatic heterocycles. The fraction of sp³-hybridized carbons (Fsp3) is 0.650. The lowest BCUT2D eigenvalue weighted by Crippen LogP contribution is -2.57. The van der Waals surface area contributed by atoms with E-state index in [1.807, 2.05) is 32.9 Å². The number of aliphatic carboxylic acids is 1. The van der Waals surface area contributed by atoms with Crippen molar-refractivity contribution in [1.82, 2.24) is 9.88 Å². The molecule has 1 saturated heterocycles. The van der Waals surface area contributed by atoms with Crippen molar-refractivity contribution in [2.45, 2.75) is 57.7 Å². The van der Waals surface area contributed by atoms with Crippen LogP contribution in [0.2, 0.25) is 0 Å². The van der Waals surface area contributed by atoms with Crippen molar-refractivity contribution < 1.29 is 24.2 Å². The lowest BCUT2D eigenvalue weighted by Gasteiger charge is -2.58. The zero-order valence-corrected chi connectivity index (χ0v) is 18.1. The number of likely N-dealkylation sites (tertiary alicyclic amines) is 1. The van der Waals surface area contributed by atoms with Gasteiger partial charge in [-0.05, 0) is 79.9 Å². The maximum Gasteiger partial charge on any atom is 0.410 e. The Morgan fingerprint density at radius 1 is 1.25 bits per heavy atom. The average Bonchev–Trinajstić information content (AvgIpc) is 2.57. The Hall–Kier alpha value is -1.67. The van der Waals surface area contributed by atoms with Gasteiger partial charge in [-0.15, -0.1) is 0 Å². The molecule has 1 saturated carbocycles. The third-order valence-corrected chi connectivity index (χ3v) is 5.93. The zero-order chi connectivity index (χ0) is 20.6. The fourth-order valence-corrected chi connectivity index (χ4v) is 4.44. The summed E-state index contributed by atoms with van der Waals surface area (Å²) in [5.41, 5.74) is -0.369. The van der Waals surface area contributed by atoms with E-state index in [2.05, 4.69) is 20.9 Å². The maximum absolute atomic E-state index is 12.3. The molecule has 0 atom stereocenters. The Morgan fingerprint density at radius 3 is 2.39 bits per heavy atom. The standard InChI is InChI=1S/C20H27BrN2O5/c1-18(2,3)28-17(26)23-8-6-19(7-9-23)12-20(13-19,27-11-16(24)25)15-5-4-14(21)10-22-15/h4-5,10H,6-9,11-13H2,1-3H3,(H,24,25). The van der Waals surface area contributed by atoms with Crippen LogP contribution in [0.4, 0.5) is 4.79 Å². The van der Waals surface area contributed by atoms with Crippen LogP contribution < -0.4 is 0 Å². The number of amides is 1. The molecule has 1 N–H and O–H groups in total. The van der Waals surface area contributed by atoms with Crippen molar-refractivity contribution in [2.75, 3.05) is 19.7 Å². The van der Waals surface area contributed by atoms with E-state index in [0.717, 1.165) is 23.0 Å². The van der Waals surface area contributed by atoms with Crippen LogP contribution in [0, 0.1) is 5.41 Å². The number of piperidine rings is 1. The highest BCUT2D eigenvalue weighted by Crippen LogP contribution is 2.60. The second kappa shape index (κ2) is 7.63. The van der Waals surface area contributed by atoms with E-state index in [0.29, 0.717) is 25.9 Å². The van der Waals surface area contributed by atoms with Gasteiger partial charge in [-0.2, -0.15) is 0 Å². The first kappa shape index (κ1) is 21.0. The third kappa shape index (κ3) is 4.66. The monoisotopic (exact) mass is 454 g/mol. The van der Waals surface area contributed by atoms with E-state index in [4.69, 9.17) is 14.6 Å². The molecule has 0 unspecified atom stereocenters. The molecular weight excluding hydrogens is 428 g/mol. The number of pyridine rings is 1. The minimum Gasteiger partial charge on any atom is -0.480 e. The van der Waals surface area contributed by atoms with Gasteiger partial charge in [0.15, 0.2) is 0 Å². The summed E-state index contributed by atoms with van der Waals surface area (Å²) in [5.74, 6) is -0.989. The molecule has 1 aromatic rings. The Balaban J connectivity index is 1.66. The molecule has 28 heavy (non-hydrogen) atoms. The molecule has 154 valence electrons. The lowest BCUT2D eigenvalue weighted by molar-refractivity contribution is -0.200. The number of carboxylic acid groups (broad SMARTS) is 1. The summed E-state index contributed by atoms with van der Waals surface area (Å²) >= 11 is 3.38. The zero-order valence-electron chi connectivity index (χ0n) is 16.5. The van der Waals surface area contributed by atoms with Gasteiger partial charge < -0.3 is 19.5 Å². The lowest BCUT2D eigenvalue weighted by atomic mass is 9.54. The molecule has 1 aliphatic carbocycles. The number of nitrogens with zero attached hydrogens (tertiary/aromatic N) is 2. The molecule has 8 heteroatoms. The Bertz CT molecular complexity index is 728. The SMILES string of the molecule is CC(C)(C)OC(=O)N1CCC2(CC1)CC(OCC(=O)O)(c1ccc(Br)cn1)C2. The highest BCUT2D eigenvalue weighted by molar-refractivity contribution is 9.10. The molecule has 1 spiro atoms. The number of halogens is 1. The first-order chi connectivity index (χ1) is 13.0. The molecule has 3 rings (SSSR count). The van der Waals surface area contributed by atoms with E-state index >= 15 is 0 Å². The molecule has 2 heterocycles. The second-order valence-corrected chi connectivity index (χ2v) is 9.77. The van der Waals surface area contributed by atoms with Crippen LogP contribution in [0.25, 0.3) is 0 Å². The van der Waals surface area contributed by atoms with Gasteiger partial charge in [0.2, 0.25) is 0 Å². The van der Waals surface area contributed by atoms with E-state index in [1.165, 1.54) is 0 Å². The molecule has 2 fully saturated rings. The van der Waals surface area contributed by atoms with Crippen molar-refractivity contribution in [3.05, 3.63) is 28.5 Å². The van der Waals surface area contributed by atoms with Gasteiger partial charge in [-0.3, -0.25) is 4.98 Å². The van der Waals surface area contributed by atoms with Gasteiger partial charge >= 0.3 is 12.1 Å². The fourth-order valence-electron chi connectivity index (χ4n) is 4.21. The van der Waals surface area contributed by atoms with Crippen LogP contribution in [0.15, 0.2) is 22.8 Å². The van der Waals surface area contributed by atoms with Gasteiger partial charge in [0.25, 0.3) is 0 Å². The Morgan fingerprint density at radius 2 is 1.89 bits per heavy atom. The normalized spacial score (nSPS) is 20.5. The highest BCUT2D eigenvalue weighted by atomic mass is 79.9. The topological polar surface area (TPSA) is 89.0 Å². The van der Waals surface area contributed by atoms with Crippen molar-refractivity contribution in [1.29, 1.82) is 0 Å². The number of carbonyl (C=O) groups excluding carboxylic acids is 1. The molecule has 0 radical (unpaired) electrons. The summed E-state index contributed by atoms with van der Waals surface area (Å²) in [6.45, 7) is 6.51.